The van der Waals surface area contributed by atoms with Gasteiger partial charge in [0.15, 0.2) is 0 Å². The molecule has 0 aliphatic rings. The third-order valence-corrected chi connectivity index (χ3v) is 3.74. The van der Waals surface area contributed by atoms with Gasteiger partial charge in [0, 0.05) is 12.2 Å². The van der Waals surface area contributed by atoms with Crippen molar-refractivity contribution in [2.24, 2.45) is 0 Å². The summed E-state index contributed by atoms with van der Waals surface area (Å²) in [4.78, 5) is 11.3. The van der Waals surface area contributed by atoms with E-state index in [-0.39, 0.29) is 0 Å². The van der Waals surface area contributed by atoms with E-state index in [9.17, 15) is 4.79 Å². The largest absolute Gasteiger partial charge is 0.477 e. The molecule has 1 aromatic heterocycles. The van der Waals surface area contributed by atoms with Crippen molar-refractivity contribution in [2.45, 2.75) is 19.4 Å². The highest BCUT2D eigenvalue weighted by molar-refractivity contribution is 7.12. The van der Waals surface area contributed by atoms with Gasteiger partial charge in [0.25, 0.3) is 0 Å². The van der Waals surface area contributed by atoms with Gasteiger partial charge in [-0.2, -0.15) is 0 Å². The fourth-order valence-electron chi connectivity index (χ4n) is 1.84. The van der Waals surface area contributed by atoms with Crippen LogP contribution in [0.4, 0.5) is 0 Å². The van der Waals surface area contributed by atoms with Gasteiger partial charge >= 0.3 is 5.97 Å². The maximum Gasteiger partial charge on any atom is 0.346 e. The fourth-order valence-corrected chi connectivity index (χ4v) is 2.59. The standard InChI is InChI=1S/C15H16O3S/c16-15(17)14-13(8-10-19-14)11-18-9-4-7-12-5-2-1-3-6-12/h1-3,5-6,8,10H,4,7,9,11H2,(H,16,17). The molecule has 0 bridgehead atoms. The van der Waals surface area contributed by atoms with Crippen molar-refractivity contribution in [1.29, 1.82) is 0 Å². The summed E-state index contributed by atoms with van der Waals surface area (Å²) >= 11 is 1.24. The molecule has 19 heavy (non-hydrogen) atoms. The molecule has 1 N–H and O–H groups in total. The van der Waals surface area contributed by atoms with Crippen LogP contribution < -0.4 is 0 Å². The van der Waals surface area contributed by atoms with Gasteiger partial charge < -0.3 is 9.84 Å². The van der Waals surface area contributed by atoms with Gasteiger partial charge in [0.1, 0.15) is 4.88 Å². The molecule has 4 heteroatoms. The Morgan fingerprint density at radius 2 is 2.00 bits per heavy atom. The summed E-state index contributed by atoms with van der Waals surface area (Å²) in [5.41, 5.74) is 2.06. The molecule has 0 atom stereocenters. The predicted octanol–water partition coefficient (Wildman–Crippen LogP) is 3.60. The van der Waals surface area contributed by atoms with Crippen molar-refractivity contribution >= 4 is 17.3 Å². The number of carboxylic acid groups (broad SMARTS) is 1. The number of aryl methyl sites for hydroxylation is 1. The van der Waals surface area contributed by atoms with Gasteiger partial charge in [-0.25, -0.2) is 4.79 Å². The Morgan fingerprint density at radius 3 is 2.74 bits per heavy atom. The molecular formula is C15H16O3S. The molecule has 0 fully saturated rings. The monoisotopic (exact) mass is 276 g/mol. The van der Waals surface area contributed by atoms with E-state index in [1.54, 1.807) is 5.38 Å². The van der Waals surface area contributed by atoms with E-state index < -0.39 is 5.97 Å². The summed E-state index contributed by atoms with van der Waals surface area (Å²) in [6.07, 6.45) is 1.92. The first-order valence-corrected chi connectivity index (χ1v) is 7.06. The number of rotatable bonds is 7. The second-order valence-electron chi connectivity index (χ2n) is 4.22. The van der Waals surface area contributed by atoms with Gasteiger partial charge in [-0.3, -0.25) is 0 Å². The molecule has 3 nitrogen and oxygen atoms in total. The Labute approximate surface area is 116 Å². The van der Waals surface area contributed by atoms with Crippen LogP contribution in [0, 0.1) is 0 Å². The molecule has 0 unspecified atom stereocenters. The van der Waals surface area contributed by atoms with E-state index in [2.05, 4.69) is 12.1 Å². The third-order valence-electron chi connectivity index (χ3n) is 2.80. The Bertz CT molecular complexity index is 519. The molecule has 0 saturated carbocycles. The first kappa shape index (κ1) is 13.8. The number of benzene rings is 1. The van der Waals surface area contributed by atoms with Crippen LogP contribution >= 0.6 is 11.3 Å². The van der Waals surface area contributed by atoms with Gasteiger partial charge in [-0.15, -0.1) is 11.3 Å². The number of carbonyl (C=O) groups is 1. The van der Waals surface area contributed by atoms with Gasteiger partial charge in [0.05, 0.1) is 6.61 Å². The molecule has 100 valence electrons. The van der Waals surface area contributed by atoms with Crippen LogP contribution in [0.3, 0.4) is 0 Å². The SMILES string of the molecule is O=C(O)c1sccc1COCCCc1ccccc1. The zero-order valence-corrected chi connectivity index (χ0v) is 11.4. The van der Waals surface area contributed by atoms with E-state index in [0.29, 0.717) is 18.1 Å². The number of carboxylic acids is 1. The number of thiophene rings is 1. The smallest absolute Gasteiger partial charge is 0.346 e. The van der Waals surface area contributed by atoms with E-state index in [1.807, 2.05) is 24.3 Å². The summed E-state index contributed by atoms with van der Waals surface area (Å²) in [7, 11) is 0. The lowest BCUT2D eigenvalue weighted by atomic mass is 10.1. The molecule has 0 aliphatic heterocycles. The maximum absolute atomic E-state index is 10.9. The van der Waals surface area contributed by atoms with Crippen LogP contribution in [-0.4, -0.2) is 17.7 Å². The molecule has 2 rings (SSSR count). The van der Waals surface area contributed by atoms with Crippen molar-refractivity contribution < 1.29 is 14.6 Å². The normalized spacial score (nSPS) is 10.5. The summed E-state index contributed by atoms with van der Waals surface area (Å²) in [5.74, 6) is -0.877. The summed E-state index contributed by atoms with van der Waals surface area (Å²) in [6.45, 7) is 1.02. The van der Waals surface area contributed by atoms with E-state index in [1.165, 1.54) is 16.9 Å². The van der Waals surface area contributed by atoms with Crippen molar-refractivity contribution in [2.75, 3.05) is 6.61 Å². The summed E-state index contributed by atoms with van der Waals surface area (Å²) in [5, 5.41) is 10.7. The van der Waals surface area contributed by atoms with Gasteiger partial charge in [0.2, 0.25) is 0 Å². The number of aromatic carboxylic acids is 1. The first-order valence-electron chi connectivity index (χ1n) is 6.18. The molecule has 2 aromatic rings. The van der Waals surface area contributed by atoms with Crippen LogP contribution in [0.5, 0.6) is 0 Å². The zero-order valence-electron chi connectivity index (χ0n) is 10.5. The molecule has 0 spiro atoms. The average molecular weight is 276 g/mol. The highest BCUT2D eigenvalue weighted by Crippen LogP contribution is 2.17. The van der Waals surface area contributed by atoms with Crippen LogP contribution in [0.25, 0.3) is 0 Å². The van der Waals surface area contributed by atoms with Crippen LogP contribution in [0.2, 0.25) is 0 Å². The minimum atomic E-state index is -0.877. The number of hydrogen-bond acceptors (Lipinski definition) is 3. The summed E-state index contributed by atoms with van der Waals surface area (Å²) in [6, 6.07) is 12.1. The molecule has 0 saturated heterocycles. The Kier molecular flexibility index (Phi) is 5.12. The molecule has 0 amide bonds. The summed E-state index contributed by atoms with van der Waals surface area (Å²) < 4.78 is 5.53. The lowest BCUT2D eigenvalue weighted by Crippen LogP contribution is -2.01. The predicted molar refractivity (Wildman–Crippen MR) is 75.7 cm³/mol. The van der Waals surface area contributed by atoms with E-state index >= 15 is 0 Å². The molecule has 1 aromatic carbocycles. The van der Waals surface area contributed by atoms with E-state index in [4.69, 9.17) is 9.84 Å². The number of hydrogen-bond donors (Lipinski definition) is 1. The second kappa shape index (κ2) is 7.07. The Morgan fingerprint density at radius 1 is 1.21 bits per heavy atom. The van der Waals surface area contributed by atoms with Gasteiger partial charge in [-0.1, -0.05) is 30.3 Å². The Hall–Kier alpha value is -1.65. The third kappa shape index (κ3) is 4.19. The van der Waals surface area contributed by atoms with Crippen molar-refractivity contribution in [3.8, 4) is 0 Å². The van der Waals surface area contributed by atoms with Gasteiger partial charge in [-0.05, 0) is 29.9 Å². The van der Waals surface area contributed by atoms with E-state index in [0.717, 1.165) is 18.4 Å². The molecular weight excluding hydrogens is 260 g/mol. The lowest BCUT2D eigenvalue weighted by molar-refractivity contribution is 0.0693. The van der Waals surface area contributed by atoms with Crippen molar-refractivity contribution in [3.63, 3.8) is 0 Å². The fraction of sp³-hybridized carbons (Fsp3) is 0.267. The lowest BCUT2D eigenvalue weighted by Gasteiger charge is -2.04. The minimum Gasteiger partial charge on any atom is -0.477 e. The molecule has 0 aliphatic carbocycles. The minimum absolute atomic E-state index is 0.375. The van der Waals surface area contributed by atoms with Crippen molar-refractivity contribution in [1.82, 2.24) is 0 Å². The van der Waals surface area contributed by atoms with Crippen LogP contribution in [0.1, 0.15) is 27.2 Å². The quantitative estimate of drug-likeness (QED) is 0.786. The zero-order chi connectivity index (χ0) is 13.5. The topological polar surface area (TPSA) is 46.5 Å². The van der Waals surface area contributed by atoms with Crippen LogP contribution in [0.15, 0.2) is 41.8 Å². The maximum atomic E-state index is 10.9. The highest BCUT2D eigenvalue weighted by Gasteiger charge is 2.11. The molecule has 1 heterocycles. The highest BCUT2D eigenvalue weighted by atomic mass is 32.1. The number of ether oxygens (including phenoxy) is 1. The van der Waals surface area contributed by atoms with Crippen molar-refractivity contribution in [3.05, 3.63) is 57.8 Å². The second-order valence-corrected chi connectivity index (χ2v) is 5.14. The molecule has 0 radical (unpaired) electrons. The average Bonchev–Trinajstić information content (AvgIpc) is 2.88. The first-order chi connectivity index (χ1) is 9.27. The van der Waals surface area contributed by atoms with Crippen LogP contribution in [-0.2, 0) is 17.8 Å². The Balaban J connectivity index is 1.70.